The number of anilines is 1. The molecule has 1 amide bonds. The second-order valence-corrected chi connectivity index (χ2v) is 8.06. The Morgan fingerprint density at radius 2 is 2.09 bits per heavy atom. The lowest BCUT2D eigenvalue weighted by Crippen LogP contribution is -2.41. The van der Waals surface area contributed by atoms with E-state index in [1.165, 1.54) is 22.7 Å². The number of carbonyl (C=O) groups is 1. The summed E-state index contributed by atoms with van der Waals surface area (Å²) in [7, 11) is 0. The molecule has 1 aliphatic heterocycles. The Bertz CT molecular complexity index is 1230. The normalized spacial score (nSPS) is 16.6. The quantitative estimate of drug-likeness (QED) is 0.475. The number of nitrogens with one attached hydrogen (secondary N) is 1. The number of aromatic nitrogens is 2. The highest BCUT2D eigenvalue weighted by Gasteiger charge is 2.26. The number of carbonyl (C=O) groups excluding carboxylic acids is 1. The number of hydrazone groups is 1. The van der Waals surface area contributed by atoms with Gasteiger partial charge in [-0.1, -0.05) is 25.1 Å². The Hall–Kier alpha value is -3.68. The summed E-state index contributed by atoms with van der Waals surface area (Å²) < 4.78 is 1.51. The second-order valence-electron chi connectivity index (χ2n) is 8.06. The average Bonchev–Trinajstić information content (AvgIpc) is 2.81. The first-order valence-corrected chi connectivity index (χ1v) is 10.9. The van der Waals surface area contributed by atoms with E-state index in [1.54, 1.807) is 18.3 Å². The number of rotatable bonds is 5. The number of hydrogen-bond donors (Lipinski definition) is 2. The number of fused-ring (bicyclic) bond motifs is 1. The molecule has 8 nitrogen and oxygen atoms in total. The predicted molar refractivity (Wildman–Crippen MR) is 125 cm³/mol. The van der Waals surface area contributed by atoms with Gasteiger partial charge in [-0.15, -0.1) is 0 Å². The molecule has 2 N–H and O–H groups in total. The number of amides is 1. The van der Waals surface area contributed by atoms with Crippen LogP contribution in [0.4, 0.5) is 5.82 Å². The lowest BCUT2D eigenvalue weighted by atomic mass is 9.99. The van der Waals surface area contributed by atoms with E-state index in [4.69, 9.17) is 4.98 Å². The second kappa shape index (κ2) is 9.21. The van der Waals surface area contributed by atoms with Gasteiger partial charge in [-0.2, -0.15) is 5.10 Å². The van der Waals surface area contributed by atoms with E-state index in [9.17, 15) is 14.7 Å². The van der Waals surface area contributed by atoms with Crippen molar-refractivity contribution in [3.05, 3.63) is 69.6 Å². The Morgan fingerprint density at radius 3 is 2.88 bits per heavy atom. The van der Waals surface area contributed by atoms with Gasteiger partial charge in [-0.25, -0.2) is 10.4 Å². The molecule has 0 aliphatic carbocycles. The fraction of sp³-hybridized carbons (Fsp3) is 0.333. The third kappa shape index (κ3) is 4.21. The van der Waals surface area contributed by atoms with Crippen molar-refractivity contribution in [1.29, 1.82) is 0 Å². The number of benzene rings is 1. The Balaban J connectivity index is 1.75. The SMILES string of the molecule is CC[C@@H]1CCCCN1c1nc2ccc(C)cn2c(=O)c1/C=N\NC(=O)c1ccccc1O. The van der Waals surface area contributed by atoms with Crippen LogP contribution in [0.3, 0.4) is 0 Å². The maximum Gasteiger partial charge on any atom is 0.275 e. The summed E-state index contributed by atoms with van der Waals surface area (Å²) >= 11 is 0. The number of pyridine rings is 1. The zero-order valence-electron chi connectivity index (χ0n) is 18.3. The lowest BCUT2D eigenvalue weighted by molar-refractivity contribution is 0.0952. The minimum Gasteiger partial charge on any atom is -0.507 e. The van der Waals surface area contributed by atoms with Crippen LogP contribution >= 0.6 is 0 Å². The number of hydrogen-bond acceptors (Lipinski definition) is 6. The van der Waals surface area contributed by atoms with Gasteiger partial charge in [0.2, 0.25) is 0 Å². The van der Waals surface area contributed by atoms with Crippen molar-refractivity contribution in [3.8, 4) is 5.75 Å². The summed E-state index contributed by atoms with van der Waals surface area (Å²) in [4.78, 5) is 32.8. The smallest absolute Gasteiger partial charge is 0.275 e. The van der Waals surface area contributed by atoms with Gasteiger partial charge in [-0.3, -0.25) is 14.0 Å². The van der Waals surface area contributed by atoms with Gasteiger partial charge < -0.3 is 10.0 Å². The van der Waals surface area contributed by atoms with E-state index in [0.717, 1.165) is 37.8 Å². The summed E-state index contributed by atoms with van der Waals surface area (Å²) in [6.07, 6.45) is 7.30. The number of para-hydroxylation sites is 1. The van der Waals surface area contributed by atoms with Crippen molar-refractivity contribution in [3.63, 3.8) is 0 Å². The summed E-state index contributed by atoms with van der Waals surface area (Å²) in [5.74, 6) is -0.108. The topological polar surface area (TPSA) is 99.3 Å². The molecular formula is C24H27N5O3. The Labute approximate surface area is 186 Å². The van der Waals surface area contributed by atoms with Crippen LogP contribution in [0.25, 0.3) is 5.65 Å². The van der Waals surface area contributed by atoms with Crippen LogP contribution in [-0.2, 0) is 0 Å². The Kier molecular flexibility index (Phi) is 6.20. The van der Waals surface area contributed by atoms with Crippen LogP contribution < -0.4 is 15.9 Å². The fourth-order valence-corrected chi connectivity index (χ4v) is 4.16. The molecule has 4 rings (SSSR count). The summed E-state index contributed by atoms with van der Waals surface area (Å²) in [6.45, 7) is 4.87. The average molecular weight is 434 g/mol. The van der Waals surface area contributed by atoms with E-state index < -0.39 is 5.91 Å². The van der Waals surface area contributed by atoms with Crippen LogP contribution in [-0.4, -0.2) is 39.2 Å². The molecule has 0 radical (unpaired) electrons. The highest BCUT2D eigenvalue weighted by molar-refractivity contribution is 5.97. The van der Waals surface area contributed by atoms with Gasteiger partial charge in [0, 0.05) is 18.8 Å². The van der Waals surface area contributed by atoms with Crippen LogP contribution in [0, 0.1) is 6.92 Å². The molecule has 1 aliphatic rings. The number of piperidine rings is 1. The summed E-state index contributed by atoms with van der Waals surface area (Å²) in [6, 6.07) is 10.3. The Morgan fingerprint density at radius 1 is 1.28 bits per heavy atom. The molecule has 1 aromatic carbocycles. The molecule has 166 valence electrons. The zero-order chi connectivity index (χ0) is 22.7. The van der Waals surface area contributed by atoms with Gasteiger partial charge in [-0.05, 0) is 56.4 Å². The molecular weight excluding hydrogens is 406 g/mol. The standard InChI is InChI=1S/C24H27N5O3/c1-3-17-8-6-7-13-28(17)22-19(24(32)29-15-16(2)11-12-21(29)26-22)14-25-27-23(31)18-9-4-5-10-20(18)30/h4-5,9-12,14-15,17,30H,3,6-8,13H2,1-2H3,(H,27,31)/b25-14-/t17-/m1/s1. The van der Waals surface area contributed by atoms with Crippen molar-refractivity contribution in [2.45, 2.75) is 45.6 Å². The van der Waals surface area contributed by atoms with Gasteiger partial charge in [0.05, 0.1) is 11.8 Å². The summed E-state index contributed by atoms with van der Waals surface area (Å²) in [5, 5.41) is 13.9. The highest BCUT2D eigenvalue weighted by atomic mass is 16.3. The molecule has 1 atom stereocenters. The van der Waals surface area contributed by atoms with Crippen molar-refractivity contribution < 1.29 is 9.90 Å². The third-order valence-electron chi connectivity index (χ3n) is 5.86. The minimum atomic E-state index is -0.560. The fourth-order valence-electron chi connectivity index (χ4n) is 4.16. The van der Waals surface area contributed by atoms with Crippen molar-refractivity contribution in [2.24, 2.45) is 5.10 Å². The van der Waals surface area contributed by atoms with Gasteiger partial charge in [0.1, 0.15) is 22.8 Å². The van der Waals surface area contributed by atoms with Crippen molar-refractivity contribution >= 4 is 23.6 Å². The number of phenols is 1. The predicted octanol–water partition coefficient (Wildman–Crippen LogP) is 3.24. The third-order valence-corrected chi connectivity index (χ3v) is 5.86. The van der Waals surface area contributed by atoms with Crippen LogP contribution in [0.15, 0.2) is 52.5 Å². The van der Waals surface area contributed by atoms with Crippen molar-refractivity contribution in [1.82, 2.24) is 14.8 Å². The number of aromatic hydroxyl groups is 1. The monoisotopic (exact) mass is 433 g/mol. The number of aryl methyl sites for hydroxylation is 1. The molecule has 32 heavy (non-hydrogen) atoms. The molecule has 1 saturated heterocycles. The highest BCUT2D eigenvalue weighted by Crippen LogP contribution is 2.26. The molecule has 8 heteroatoms. The van der Waals surface area contributed by atoms with Crippen LogP contribution in [0.5, 0.6) is 5.75 Å². The van der Waals surface area contributed by atoms with Crippen LogP contribution in [0.2, 0.25) is 0 Å². The van der Waals surface area contributed by atoms with E-state index in [2.05, 4.69) is 22.4 Å². The van der Waals surface area contributed by atoms with Gasteiger partial charge in [0.25, 0.3) is 11.5 Å². The molecule has 1 fully saturated rings. The zero-order valence-corrected chi connectivity index (χ0v) is 18.3. The summed E-state index contributed by atoms with van der Waals surface area (Å²) in [5.41, 5.74) is 4.11. The molecule has 2 aromatic heterocycles. The van der Waals surface area contributed by atoms with Crippen molar-refractivity contribution in [2.75, 3.05) is 11.4 Å². The van der Waals surface area contributed by atoms with Crippen LogP contribution in [0.1, 0.15) is 54.1 Å². The van der Waals surface area contributed by atoms with E-state index in [1.807, 2.05) is 19.1 Å². The van der Waals surface area contributed by atoms with Gasteiger partial charge >= 0.3 is 0 Å². The van der Waals surface area contributed by atoms with E-state index in [0.29, 0.717) is 23.1 Å². The molecule has 0 spiro atoms. The first-order valence-electron chi connectivity index (χ1n) is 10.9. The number of phenolic OH excluding ortho intramolecular Hbond substituents is 1. The van der Waals surface area contributed by atoms with E-state index in [-0.39, 0.29) is 16.9 Å². The largest absolute Gasteiger partial charge is 0.507 e. The molecule has 3 aromatic rings. The first kappa shape index (κ1) is 21.5. The molecule has 0 unspecified atom stereocenters. The molecule has 0 saturated carbocycles. The van der Waals surface area contributed by atoms with E-state index >= 15 is 0 Å². The minimum absolute atomic E-state index is 0.107. The first-order chi connectivity index (χ1) is 15.5. The maximum atomic E-state index is 13.4. The maximum absolute atomic E-state index is 13.4. The molecule has 3 heterocycles. The molecule has 0 bridgehead atoms. The lowest BCUT2D eigenvalue weighted by Gasteiger charge is -2.36. The number of nitrogens with zero attached hydrogens (tertiary/aromatic N) is 4. The van der Waals surface area contributed by atoms with Gasteiger partial charge in [0.15, 0.2) is 0 Å².